The van der Waals surface area contributed by atoms with Crippen molar-refractivity contribution in [3.63, 3.8) is 0 Å². The van der Waals surface area contributed by atoms with Crippen molar-refractivity contribution in [1.82, 2.24) is 14.5 Å². The number of hydrogen-bond donors (Lipinski definition) is 1. The molecule has 9 nitrogen and oxygen atoms in total. The third kappa shape index (κ3) is 4.85. The molecule has 0 bridgehead atoms. The number of hydrogen-bond acceptors (Lipinski definition) is 6. The number of carbonyl (C=O) groups excluding carboxylic acids is 2. The highest BCUT2D eigenvalue weighted by atomic mass is 32.2. The first-order valence-electron chi connectivity index (χ1n) is 11.8. The van der Waals surface area contributed by atoms with Crippen LogP contribution in [0.5, 0.6) is 5.75 Å². The van der Waals surface area contributed by atoms with Crippen LogP contribution in [0.2, 0.25) is 0 Å². The molecule has 10 heteroatoms. The summed E-state index contributed by atoms with van der Waals surface area (Å²) in [6.07, 6.45) is 1.49. The minimum absolute atomic E-state index is 0.0161. The smallest absolute Gasteiger partial charge is 0.250 e. The van der Waals surface area contributed by atoms with Gasteiger partial charge in [0.1, 0.15) is 17.8 Å². The van der Waals surface area contributed by atoms with E-state index in [2.05, 4.69) is 5.32 Å². The van der Waals surface area contributed by atoms with Crippen LogP contribution in [0.15, 0.2) is 59.5 Å². The molecule has 0 saturated carbocycles. The number of carbonyl (C=O) groups is 2. The Morgan fingerprint density at radius 3 is 2.31 bits per heavy atom. The number of rotatable bonds is 8. The highest BCUT2D eigenvalue weighted by Crippen LogP contribution is 2.40. The summed E-state index contributed by atoms with van der Waals surface area (Å²) in [4.78, 5) is 29.9. The molecule has 2 aliphatic heterocycles. The Morgan fingerprint density at radius 1 is 1.06 bits per heavy atom. The third-order valence-corrected chi connectivity index (χ3v) is 8.65. The summed E-state index contributed by atoms with van der Waals surface area (Å²) in [5, 5.41) is 2.83. The van der Waals surface area contributed by atoms with Crippen LogP contribution in [0.1, 0.15) is 26.2 Å². The third-order valence-electron chi connectivity index (χ3n) is 6.74. The maximum Gasteiger partial charge on any atom is 0.250 e. The number of piperidine rings is 1. The predicted octanol–water partition coefficient (Wildman–Crippen LogP) is 2.05. The number of para-hydroxylation sites is 1. The molecule has 188 valence electrons. The maximum atomic E-state index is 13.7. The van der Waals surface area contributed by atoms with E-state index in [9.17, 15) is 18.0 Å². The molecule has 0 atom stereocenters. The Hall–Kier alpha value is -3.11. The first-order valence-corrected chi connectivity index (χ1v) is 13.3. The van der Waals surface area contributed by atoms with Gasteiger partial charge >= 0.3 is 0 Å². The lowest BCUT2D eigenvalue weighted by Gasteiger charge is -2.42. The van der Waals surface area contributed by atoms with E-state index in [-0.39, 0.29) is 43.0 Å². The van der Waals surface area contributed by atoms with Crippen LogP contribution < -0.4 is 15.0 Å². The predicted molar refractivity (Wildman–Crippen MR) is 133 cm³/mol. The molecule has 1 N–H and O–H groups in total. The van der Waals surface area contributed by atoms with E-state index in [1.165, 1.54) is 23.5 Å². The van der Waals surface area contributed by atoms with Crippen molar-refractivity contribution in [3.05, 3.63) is 54.6 Å². The summed E-state index contributed by atoms with van der Waals surface area (Å²) in [6, 6.07) is 15.9. The molecule has 0 radical (unpaired) electrons. The van der Waals surface area contributed by atoms with Crippen molar-refractivity contribution in [2.45, 2.75) is 36.6 Å². The molecule has 2 aromatic carbocycles. The highest BCUT2D eigenvalue weighted by molar-refractivity contribution is 7.89. The Balaban J connectivity index is 1.56. The summed E-state index contributed by atoms with van der Waals surface area (Å²) >= 11 is 0. The zero-order valence-corrected chi connectivity index (χ0v) is 21.0. The number of ether oxygens (including phenoxy) is 1. The molecule has 2 aromatic rings. The first-order chi connectivity index (χ1) is 16.8. The van der Waals surface area contributed by atoms with E-state index in [0.717, 1.165) is 12.1 Å². The summed E-state index contributed by atoms with van der Waals surface area (Å²) in [5.41, 5.74) is -0.0121. The summed E-state index contributed by atoms with van der Waals surface area (Å²) in [6.45, 7) is 3.22. The molecule has 2 aliphatic rings. The molecular weight excluding hydrogens is 468 g/mol. The van der Waals surface area contributed by atoms with E-state index >= 15 is 0 Å². The number of nitrogens with zero attached hydrogens (tertiary/aromatic N) is 3. The van der Waals surface area contributed by atoms with Gasteiger partial charge in [-0.15, -0.1) is 0 Å². The largest absolute Gasteiger partial charge is 0.497 e. The van der Waals surface area contributed by atoms with Gasteiger partial charge in [0.05, 0.1) is 18.7 Å². The summed E-state index contributed by atoms with van der Waals surface area (Å²) < 4.78 is 33.1. The highest BCUT2D eigenvalue weighted by Gasteiger charge is 2.55. The second kappa shape index (κ2) is 10.2. The van der Waals surface area contributed by atoms with Crippen molar-refractivity contribution in [2.24, 2.45) is 0 Å². The van der Waals surface area contributed by atoms with Crippen LogP contribution in [0.3, 0.4) is 0 Å². The number of nitrogens with one attached hydrogen (secondary N) is 1. The van der Waals surface area contributed by atoms with Gasteiger partial charge in [0.15, 0.2) is 0 Å². The molecule has 0 aliphatic carbocycles. The van der Waals surface area contributed by atoms with E-state index in [4.69, 9.17) is 4.74 Å². The van der Waals surface area contributed by atoms with Gasteiger partial charge in [0.25, 0.3) is 0 Å². The lowest BCUT2D eigenvalue weighted by molar-refractivity contribution is -0.137. The number of sulfonamides is 1. The van der Waals surface area contributed by atoms with Gasteiger partial charge in [-0.2, -0.15) is 4.31 Å². The molecule has 4 rings (SSSR count). The molecule has 2 saturated heterocycles. The van der Waals surface area contributed by atoms with Crippen molar-refractivity contribution in [3.8, 4) is 5.75 Å². The van der Waals surface area contributed by atoms with Crippen LogP contribution in [0.25, 0.3) is 0 Å². The monoisotopic (exact) mass is 500 g/mol. The summed E-state index contributed by atoms with van der Waals surface area (Å²) in [7, 11) is -2.18. The lowest BCUT2D eigenvalue weighted by atomic mass is 9.86. The molecule has 2 fully saturated rings. The molecule has 0 unspecified atom stereocenters. The van der Waals surface area contributed by atoms with Crippen LogP contribution in [-0.2, 0) is 19.6 Å². The van der Waals surface area contributed by atoms with E-state index in [0.29, 0.717) is 25.1 Å². The number of methoxy groups -OCH3 is 1. The standard InChI is InChI=1S/C25H32N4O5S/c1-3-15-26-23(30)18-27-19-29(20-7-5-4-6-8-20)25(24(27)31)13-16-28(17-14-25)35(32,33)22-11-9-21(34-2)10-12-22/h4-12H,3,13-19H2,1-2H3,(H,26,30). The van der Waals surface area contributed by atoms with Gasteiger partial charge < -0.3 is 19.9 Å². The number of anilines is 1. The van der Waals surface area contributed by atoms with Gasteiger partial charge in [-0.3, -0.25) is 9.59 Å². The van der Waals surface area contributed by atoms with Crippen molar-refractivity contribution < 1.29 is 22.7 Å². The Bertz CT molecular complexity index is 1150. The second-order valence-corrected chi connectivity index (χ2v) is 10.8. The van der Waals surface area contributed by atoms with Crippen molar-refractivity contribution in [2.75, 3.05) is 44.9 Å². The van der Waals surface area contributed by atoms with Gasteiger partial charge in [0, 0.05) is 25.3 Å². The Kier molecular flexibility index (Phi) is 7.32. The van der Waals surface area contributed by atoms with Crippen LogP contribution >= 0.6 is 0 Å². The van der Waals surface area contributed by atoms with Crippen LogP contribution in [0.4, 0.5) is 5.69 Å². The van der Waals surface area contributed by atoms with Gasteiger partial charge in [-0.1, -0.05) is 25.1 Å². The van der Waals surface area contributed by atoms with E-state index in [1.807, 2.05) is 42.2 Å². The van der Waals surface area contributed by atoms with Crippen molar-refractivity contribution >= 4 is 27.5 Å². The maximum absolute atomic E-state index is 13.7. The second-order valence-electron chi connectivity index (χ2n) is 8.87. The van der Waals surface area contributed by atoms with E-state index < -0.39 is 15.6 Å². The zero-order valence-electron chi connectivity index (χ0n) is 20.1. The topological polar surface area (TPSA) is 99.3 Å². The summed E-state index contributed by atoms with van der Waals surface area (Å²) in [5.74, 6) is 0.263. The normalized spacial score (nSPS) is 18.2. The van der Waals surface area contributed by atoms with Crippen LogP contribution in [0, 0.1) is 0 Å². The zero-order chi connectivity index (χ0) is 25.1. The molecule has 1 spiro atoms. The van der Waals surface area contributed by atoms with Crippen LogP contribution in [-0.4, -0.2) is 74.9 Å². The number of benzene rings is 2. The Labute approximate surface area is 206 Å². The van der Waals surface area contributed by atoms with Gasteiger partial charge in [0.2, 0.25) is 21.8 Å². The lowest BCUT2D eigenvalue weighted by Crippen LogP contribution is -2.57. The van der Waals surface area contributed by atoms with E-state index in [1.54, 1.807) is 17.0 Å². The fourth-order valence-electron chi connectivity index (χ4n) is 4.81. The Morgan fingerprint density at radius 2 is 1.71 bits per heavy atom. The SMILES string of the molecule is CCCNC(=O)CN1CN(c2ccccc2)C2(CCN(S(=O)(=O)c3ccc(OC)cc3)CC2)C1=O. The first kappa shape index (κ1) is 25.0. The van der Waals surface area contributed by atoms with Crippen molar-refractivity contribution in [1.29, 1.82) is 0 Å². The quantitative estimate of drug-likeness (QED) is 0.596. The van der Waals surface area contributed by atoms with Gasteiger partial charge in [-0.25, -0.2) is 8.42 Å². The fraction of sp³-hybridized carbons (Fsp3) is 0.440. The molecule has 35 heavy (non-hydrogen) atoms. The fourth-order valence-corrected chi connectivity index (χ4v) is 6.25. The average molecular weight is 501 g/mol. The minimum Gasteiger partial charge on any atom is -0.497 e. The van der Waals surface area contributed by atoms with Gasteiger partial charge in [-0.05, 0) is 55.7 Å². The molecule has 0 aromatic heterocycles. The molecule has 2 amide bonds. The molecule has 2 heterocycles. The minimum atomic E-state index is -3.71. The number of amides is 2. The molecular formula is C25H32N4O5S. The average Bonchev–Trinajstić information content (AvgIpc) is 3.14.